The Bertz CT molecular complexity index is 1030. The number of ether oxygens (including phenoxy) is 1. The molecule has 1 heterocycles. The standard InChI is InChI=1S/C26H27BrN2O2/c1-20-9-11-21(12-10-20)18-28-13-15-29(16-14-28)26(30)23-6-4-5-22(17-23)19-31-25-8-3-2-7-24(25)27/h2-12,17H,13-16,18-19H2,1H3. The van der Waals surface area contributed by atoms with Gasteiger partial charge >= 0.3 is 0 Å². The van der Waals surface area contributed by atoms with Crippen LogP contribution < -0.4 is 4.74 Å². The summed E-state index contributed by atoms with van der Waals surface area (Å²) in [6.45, 7) is 6.76. The van der Waals surface area contributed by atoms with Gasteiger partial charge in [0.05, 0.1) is 4.47 Å². The van der Waals surface area contributed by atoms with Gasteiger partial charge in [0, 0.05) is 38.3 Å². The Hall–Kier alpha value is -2.63. The van der Waals surface area contributed by atoms with Crippen molar-refractivity contribution >= 4 is 21.8 Å². The van der Waals surface area contributed by atoms with Crippen molar-refractivity contribution in [3.63, 3.8) is 0 Å². The SMILES string of the molecule is Cc1ccc(CN2CCN(C(=O)c3cccc(COc4ccccc4Br)c3)CC2)cc1. The number of hydrogen-bond donors (Lipinski definition) is 0. The fraction of sp³-hybridized carbons (Fsp3) is 0.269. The van der Waals surface area contributed by atoms with E-state index in [2.05, 4.69) is 52.0 Å². The first kappa shape index (κ1) is 21.6. The highest BCUT2D eigenvalue weighted by Gasteiger charge is 2.22. The minimum absolute atomic E-state index is 0.0951. The molecule has 1 amide bonds. The van der Waals surface area contributed by atoms with Gasteiger partial charge in [-0.2, -0.15) is 0 Å². The number of rotatable bonds is 6. The van der Waals surface area contributed by atoms with Crippen molar-refractivity contribution < 1.29 is 9.53 Å². The van der Waals surface area contributed by atoms with E-state index in [0.717, 1.165) is 54.1 Å². The summed E-state index contributed by atoms with van der Waals surface area (Å²) in [4.78, 5) is 17.4. The van der Waals surface area contributed by atoms with Crippen LogP contribution in [0.25, 0.3) is 0 Å². The first-order valence-electron chi connectivity index (χ1n) is 10.6. The van der Waals surface area contributed by atoms with E-state index in [4.69, 9.17) is 4.74 Å². The molecular weight excluding hydrogens is 452 g/mol. The molecule has 0 spiro atoms. The summed E-state index contributed by atoms with van der Waals surface area (Å²) in [5.74, 6) is 0.890. The number of amides is 1. The Morgan fingerprint density at radius 1 is 0.903 bits per heavy atom. The number of hydrogen-bond acceptors (Lipinski definition) is 3. The highest BCUT2D eigenvalue weighted by atomic mass is 79.9. The fourth-order valence-corrected chi connectivity index (χ4v) is 4.16. The molecule has 1 aliphatic rings. The third-order valence-electron chi connectivity index (χ3n) is 5.59. The van der Waals surface area contributed by atoms with Crippen LogP contribution >= 0.6 is 15.9 Å². The van der Waals surface area contributed by atoms with Crippen LogP contribution in [-0.2, 0) is 13.2 Å². The molecule has 0 saturated carbocycles. The first-order chi connectivity index (χ1) is 15.1. The van der Waals surface area contributed by atoms with Crippen LogP contribution in [0.15, 0.2) is 77.3 Å². The van der Waals surface area contributed by atoms with E-state index >= 15 is 0 Å². The lowest BCUT2D eigenvalue weighted by atomic mass is 10.1. The second-order valence-electron chi connectivity index (χ2n) is 7.97. The maximum atomic E-state index is 13.0. The van der Waals surface area contributed by atoms with Crippen LogP contribution in [0.2, 0.25) is 0 Å². The molecule has 0 atom stereocenters. The van der Waals surface area contributed by atoms with Gasteiger partial charge in [-0.1, -0.05) is 54.1 Å². The van der Waals surface area contributed by atoms with Crippen molar-refractivity contribution in [2.75, 3.05) is 26.2 Å². The molecule has 1 saturated heterocycles. The second-order valence-corrected chi connectivity index (χ2v) is 8.83. The highest BCUT2D eigenvalue weighted by Crippen LogP contribution is 2.25. The van der Waals surface area contributed by atoms with E-state index in [9.17, 15) is 4.79 Å². The number of halogens is 1. The number of para-hydroxylation sites is 1. The summed E-state index contributed by atoms with van der Waals surface area (Å²) in [5.41, 5.74) is 4.31. The van der Waals surface area contributed by atoms with Gasteiger partial charge in [-0.25, -0.2) is 0 Å². The number of aryl methyl sites for hydroxylation is 1. The average Bonchev–Trinajstić information content (AvgIpc) is 2.80. The molecule has 0 aliphatic carbocycles. The number of piperazine rings is 1. The van der Waals surface area contributed by atoms with Crippen LogP contribution in [0.4, 0.5) is 0 Å². The molecule has 0 unspecified atom stereocenters. The Balaban J connectivity index is 1.32. The molecule has 4 rings (SSSR count). The lowest BCUT2D eigenvalue weighted by Gasteiger charge is -2.35. The van der Waals surface area contributed by atoms with Crippen molar-refractivity contribution in [3.8, 4) is 5.75 Å². The zero-order valence-electron chi connectivity index (χ0n) is 17.8. The van der Waals surface area contributed by atoms with Gasteiger partial charge in [-0.05, 0) is 58.2 Å². The molecule has 4 nitrogen and oxygen atoms in total. The highest BCUT2D eigenvalue weighted by molar-refractivity contribution is 9.10. The predicted molar refractivity (Wildman–Crippen MR) is 127 cm³/mol. The van der Waals surface area contributed by atoms with Crippen molar-refractivity contribution in [3.05, 3.63) is 99.5 Å². The van der Waals surface area contributed by atoms with Crippen LogP contribution in [-0.4, -0.2) is 41.9 Å². The van der Waals surface area contributed by atoms with E-state index in [0.29, 0.717) is 6.61 Å². The molecule has 160 valence electrons. The molecule has 0 radical (unpaired) electrons. The number of carbonyl (C=O) groups excluding carboxylic acids is 1. The Kier molecular flexibility index (Phi) is 7.05. The van der Waals surface area contributed by atoms with Crippen LogP contribution in [0.5, 0.6) is 5.75 Å². The van der Waals surface area contributed by atoms with Gasteiger partial charge in [0.25, 0.3) is 5.91 Å². The van der Waals surface area contributed by atoms with Crippen molar-refractivity contribution in [2.45, 2.75) is 20.1 Å². The number of nitrogens with zero attached hydrogens (tertiary/aromatic N) is 2. The topological polar surface area (TPSA) is 32.8 Å². The van der Waals surface area contributed by atoms with Gasteiger partial charge in [0.1, 0.15) is 12.4 Å². The van der Waals surface area contributed by atoms with E-state index in [1.807, 2.05) is 53.4 Å². The van der Waals surface area contributed by atoms with Gasteiger partial charge < -0.3 is 9.64 Å². The fourth-order valence-electron chi connectivity index (χ4n) is 3.76. The quantitative estimate of drug-likeness (QED) is 0.482. The molecule has 5 heteroatoms. The summed E-state index contributed by atoms with van der Waals surface area (Å²) in [5, 5.41) is 0. The molecule has 1 aliphatic heterocycles. The maximum absolute atomic E-state index is 13.0. The summed E-state index contributed by atoms with van der Waals surface area (Å²) >= 11 is 3.50. The molecule has 0 aromatic heterocycles. The van der Waals surface area contributed by atoms with E-state index in [-0.39, 0.29) is 5.91 Å². The number of carbonyl (C=O) groups is 1. The molecule has 3 aromatic carbocycles. The Morgan fingerprint density at radius 3 is 2.39 bits per heavy atom. The average molecular weight is 479 g/mol. The number of benzene rings is 3. The van der Waals surface area contributed by atoms with Crippen LogP contribution in [0.1, 0.15) is 27.0 Å². The summed E-state index contributed by atoms with van der Waals surface area (Å²) < 4.78 is 6.82. The molecule has 31 heavy (non-hydrogen) atoms. The van der Waals surface area contributed by atoms with Gasteiger partial charge in [-0.3, -0.25) is 9.69 Å². The minimum atomic E-state index is 0.0951. The van der Waals surface area contributed by atoms with Gasteiger partial charge in [0.2, 0.25) is 0 Å². The Labute approximate surface area is 192 Å². The zero-order chi connectivity index (χ0) is 21.6. The predicted octanol–water partition coefficient (Wildman–Crippen LogP) is 5.29. The molecule has 1 fully saturated rings. The van der Waals surface area contributed by atoms with Crippen molar-refractivity contribution in [1.29, 1.82) is 0 Å². The van der Waals surface area contributed by atoms with Crippen molar-refractivity contribution in [2.24, 2.45) is 0 Å². The smallest absolute Gasteiger partial charge is 0.253 e. The minimum Gasteiger partial charge on any atom is -0.488 e. The zero-order valence-corrected chi connectivity index (χ0v) is 19.3. The largest absolute Gasteiger partial charge is 0.488 e. The maximum Gasteiger partial charge on any atom is 0.253 e. The van der Waals surface area contributed by atoms with Gasteiger partial charge in [0.15, 0.2) is 0 Å². The molecular formula is C26H27BrN2O2. The third-order valence-corrected chi connectivity index (χ3v) is 6.25. The van der Waals surface area contributed by atoms with Crippen molar-refractivity contribution in [1.82, 2.24) is 9.80 Å². The van der Waals surface area contributed by atoms with E-state index < -0.39 is 0 Å². The molecule has 3 aromatic rings. The third kappa shape index (κ3) is 5.75. The summed E-state index contributed by atoms with van der Waals surface area (Å²) in [6.07, 6.45) is 0. The molecule has 0 bridgehead atoms. The van der Waals surface area contributed by atoms with Crippen LogP contribution in [0.3, 0.4) is 0 Å². The second kappa shape index (κ2) is 10.1. The van der Waals surface area contributed by atoms with Gasteiger partial charge in [-0.15, -0.1) is 0 Å². The summed E-state index contributed by atoms with van der Waals surface area (Å²) in [7, 11) is 0. The normalized spacial score (nSPS) is 14.5. The molecule has 0 N–H and O–H groups in total. The van der Waals surface area contributed by atoms with E-state index in [1.165, 1.54) is 11.1 Å². The van der Waals surface area contributed by atoms with Crippen LogP contribution in [0, 0.1) is 6.92 Å². The van der Waals surface area contributed by atoms with E-state index in [1.54, 1.807) is 0 Å². The summed E-state index contributed by atoms with van der Waals surface area (Å²) in [6, 6.07) is 24.2. The Morgan fingerprint density at radius 2 is 1.65 bits per heavy atom. The lowest BCUT2D eigenvalue weighted by molar-refractivity contribution is 0.0628. The monoisotopic (exact) mass is 478 g/mol. The lowest BCUT2D eigenvalue weighted by Crippen LogP contribution is -2.48. The first-order valence-corrected chi connectivity index (χ1v) is 11.4.